The first kappa shape index (κ1) is 16.9. The highest BCUT2D eigenvalue weighted by Gasteiger charge is 1.93. The SMILES string of the molecule is CCCOCCCCCCCCCCCOC. The molecule has 0 aromatic rings. The maximum Gasteiger partial charge on any atom is 0.0466 e. The van der Waals surface area contributed by atoms with Crippen LogP contribution in [0.2, 0.25) is 0 Å². The molecule has 2 heteroatoms. The summed E-state index contributed by atoms with van der Waals surface area (Å²) in [5.74, 6) is 0. The van der Waals surface area contributed by atoms with E-state index in [1.165, 1.54) is 57.8 Å². The zero-order valence-corrected chi connectivity index (χ0v) is 12.0. The summed E-state index contributed by atoms with van der Waals surface area (Å²) in [4.78, 5) is 0. The Bertz CT molecular complexity index is 112. The van der Waals surface area contributed by atoms with Crippen molar-refractivity contribution in [1.29, 1.82) is 0 Å². The molecule has 0 spiro atoms. The highest BCUT2D eigenvalue weighted by atomic mass is 16.5. The smallest absolute Gasteiger partial charge is 0.0466 e. The first-order chi connectivity index (χ1) is 8.41. The van der Waals surface area contributed by atoms with Gasteiger partial charge in [0.1, 0.15) is 0 Å². The molecule has 0 atom stereocenters. The topological polar surface area (TPSA) is 18.5 Å². The summed E-state index contributed by atoms with van der Waals surface area (Å²) in [6.45, 7) is 4.98. The van der Waals surface area contributed by atoms with Gasteiger partial charge in [-0.1, -0.05) is 51.9 Å². The summed E-state index contributed by atoms with van der Waals surface area (Å²) in [6.07, 6.45) is 13.3. The molecule has 0 aliphatic heterocycles. The van der Waals surface area contributed by atoms with Crippen LogP contribution < -0.4 is 0 Å². The molecule has 0 bridgehead atoms. The Morgan fingerprint density at radius 2 is 1.06 bits per heavy atom. The molecular formula is C15H32O2. The van der Waals surface area contributed by atoms with Crippen molar-refractivity contribution in [2.24, 2.45) is 0 Å². The summed E-state index contributed by atoms with van der Waals surface area (Å²) in [7, 11) is 1.78. The Kier molecular flexibility index (Phi) is 15.8. The lowest BCUT2D eigenvalue weighted by Crippen LogP contribution is -1.95. The lowest BCUT2D eigenvalue weighted by molar-refractivity contribution is 0.130. The summed E-state index contributed by atoms with van der Waals surface area (Å²) >= 11 is 0. The van der Waals surface area contributed by atoms with E-state index in [9.17, 15) is 0 Å². The first-order valence-corrected chi connectivity index (χ1v) is 7.48. The summed E-state index contributed by atoms with van der Waals surface area (Å²) in [5, 5.41) is 0. The van der Waals surface area contributed by atoms with Gasteiger partial charge in [-0.2, -0.15) is 0 Å². The van der Waals surface area contributed by atoms with Crippen molar-refractivity contribution in [3.63, 3.8) is 0 Å². The number of hydrogen-bond acceptors (Lipinski definition) is 2. The molecule has 0 heterocycles. The predicted octanol–water partition coefficient (Wildman–Crippen LogP) is 4.57. The maximum absolute atomic E-state index is 5.45. The molecule has 0 aliphatic rings. The van der Waals surface area contributed by atoms with E-state index in [4.69, 9.17) is 9.47 Å². The van der Waals surface area contributed by atoms with Gasteiger partial charge in [0.05, 0.1) is 0 Å². The molecule has 0 fully saturated rings. The van der Waals surface area contributed by atoms with Crippen LogP contribution in [-0.2, 0) is 9.47 Å². The molecule has 0 rings (SSSR count). The number of ether oxygens (including phenoxy) is 2. The highest BCUT2D eigenvalue weighted by molar-refractivity contribution is 4.47. The fraction of sp³-hybridized carbons (Fsp3) is 1.00. The van der Waals surface area contributed by atoms with E-state index in [1.54, 1.807) is 7.11 Å². The third-order valence-electron chi connectivity index (χ3n) is 2.99. The fourth-order valence-corrected chi connectivity index (χ4v) is 1.93. The van der Waals surface area contributed by atoms with Gasteiger partial charge in [-0.25, -0.2) is 0 Å². The van der Waals surface area contributed by atoms with Gasteiger partial charge in [0.15, 0.2) is 0 Å². The van der Waals surface area contributed by atoms with Crippen LogP contribution in [0.25, 0.3) is 0 Å². The van der Waals surface area contributed by atoms with E-state index in [1.807, 2.05) is 0 Å². The summed E-state index contributed by atoms with van der Waals surface area (Å²) in [5.41, 5.74) is 0. The van der Waals surface area contributed by atoms with Crippen molar-refractivity contribution in [2.75, 3.05) is 26.9 Å². The Hall–Kier alpha value is -0.0800. The number of unbranched alkanes of at least 4 members (excludes halogenated alkanes) is 8. The van der Waals surface area contributed by atoms with E-state index in [0.717, 1.165) is 26.2 Å². The van der Waals surface area contributed by atoms with Crippen LogP contribution in [0.4, 0.5) is 0 Å². The van der Waals surface area contributed by atoms with Crippen LogP contribution in [0.3, 0.4) is 0 Å². The average Bonchev–Trinajstić information content (AvgIpc) is 2.35. The van der Waals surface area contributed by atoms with Crippen molar-refractivity contribution >= 4 is 0 Å². The standard InChI is InChI=1S/C15H32O2/c1-3-13-17-15-12-10-8-6-4-5-7-9-11-14-16-2/h3-15H2,1-2H3. The monoisotopic (exact) mass is 244 g/mol. The van der Waals surface area contributed by atoms with Crippen molar-refractivity contribution in [3.8, 4) is 0 Å². The largest absolute Gasteiger partial charge is 0.385 e. The van der Waals surface area contributed by atoms with Crippen molar-refractivity contribution in [3.05, 3.63) is 0 Å². The molecule has 0 amide bonds. The van der Waals surface area contributed by atoms with Gasteiger partial charge >= 0.3 is 0 Å². The molecule has 2 nitrogen and oxygen atoms in total. The van der Waals surface area contributed by atoms with Crippen molar-refractivity contribution < 1.29 is 9.47 Å². The van der Waals surface area contributed by atoms with Crippen LogP contribution in [-0.4, -0.2) is 26.9 Å². The Morgan fingerprint density at radius 1 is 0.588 bits per heavy atom. The zero-order valence-electron chi connectivity index (χ0n) is 12.0. The van der Waals surface area contributed by atoms with Crippen molar-refractivity contribution in [1.82, 2.24) is 0 Å². The molecule has 0 aromatic carbocycles. The van der Waals surface area contributed by atoms with Gasteiger partial charge in [-0.15, -0.1) is 0 Å². The molecular weight excluding hydrogens is 212 g/mol. The molecule has 0 saturated heterocycles. The van der Waals surface area contributed by atoms with Crippen LogP contribution >= 0.6 is 0 Å². The van der Waals surface area contributed by atoms with E-state index in [0.29, 0.717) is 0 Å². The second kappa shape index (κ2) is 15.9. The molecule has 0 aliphatic carbocycles. The van der Waals surface area contributed by atoms with Gasteiger partial charge in [0, 0.05) is 26.9 Å². The van der Waals surface area contributed by atoms with E-state index < -0.39 is 0 Å². The van der Waals surface area contributed by atoms with Gasteiger partial charge in [0.2, 0.25) is 0 Å². The summed E-state index contributed by atoms with van der Waals surface area (Å²) in [6, 6.07) is 0. The lowest BCUT2D eigenvalue weighted by Gasteiger charge is -2.03. The van der Waals surface area contributed by atoms with E-state index in [-0.39, 0.29) is 0 Å². The van der Waals surface area contributed by atoms with Crippen LogP contribution in [0.1, 0.15) is 71.1 Å². The molecule has 0 aromatic heterocycles. The normalized spacial score (nSPS) is 10.9. The maximum atomic E-state index is 5.45. The number of hydrogen-bond donors (Lipinski definition) is 0. The fourth-order valence-electron chi connectivity index (χ4n) is 1.93. The van der Waals surface area contributed by atoms with E-state index >= 15 is 0 Å². The zero-order chi connectivity index (χ0) is 12.6. The molecule has 17 heavy (non-hydrogen) atoms. The number of methoxy groups -OCH3 is 1. The third-order valence-corrected chi connectivity index (χ3v) is 2.99. The van der Waals surface area contributed by atoms with Gasteiger partial charge in [-0.3, -0.25) is 0 Å². The molecule has 0 unspecified atom stereocenters. The average molecular weight is 244 g/mol. The Labute approximate surface area is 108 Å². The quantitative estimate of drug-likeness (QED) is 0.417. The minimum absolute atomic E-state index is 0.928. The minimum atomic E-state index is 0.928. The van der Waals surface area contributed by atoms with Gasteiger partial charge in [-0.05, 0) is 19.3 Å². The second-order valence-corrected chi connectivity index (χ2v) is 4.79. The molecule has 0 radical (unpaired) electrons. The number of rotatable bonds is 14. The van der Waals surface area contributed by atoms with Crippen molar-refractivity contribution in [2.45, 2.75) is 71.1 Å². The molecule has 0 N–H and O–H groups in total. The minimum Gasteiger partial charge on any atom is -0.385 e. The Balaban J connectivity index is 2.85. The second-order valence-electron chi connectivity index (χ2n) is 4.79. The van der Waals surface area contributed by atoms with Gasteiger partial charge in [0.25, 0.3) is 0 Å². The molecule has 104 valence electrons. The van der Waals surface area contributed by atoms with E-state index in [2.05, 4.69) is 6.92 Å². The third kappa shape index (κ3) is 15.9. The summed E-state index contributed by atoms with van der Waals surface area (Å²) < 4.78 is 10.5. The molecule has 0 saturated carbocycles. The first-order valence-electron chi connectivity index (χ1n) is 7.48. The predicted molar refractivity (Wildman–Crippen MR) is 74.5 cm³/mol. The lowest BCUT2D eigenvalue weighted by atomic mass is 10.1. The highest BCUT2D eigenvalue weighted by Crippen LogP contribution is 2.09. The van der Waals surface area contributed by atoms with Crippen LogP contribution in [0.15, 0.2) is 0 Å². The van der Waals surface area contributed by atoms with Gasteiger partial charge < -0.3 is 9.47 Å². The van der Waals surface area contributed by atoms with Crippen LogP contribution in [0, 0.1) is 0 Å². The van der Waals surface area contributed by atoms with Crippen LogP contribution in [0.5, 0.6) is 0 Å². The Morgan fingerprint density at radius 3 is 1.53 bits per heavy atom.